The molecular formula is C13H16N2O6. The summed E-state index contributed by atoms with van der Waals surface area (Å²) in [6.07, 6.45) is 0. The maximum atomic E-state index is 11.8. The molecule has 0 saturated heterocycles. The van der Waals surface area contributed by atoms with E-state index in [4.69, 9.17) is 19.9 Å². The number of methoxy groups -OCH3 is 1. The van der Waals surface area contributed by atoms with Gasteiger partial charge in [0.2, 0.25) is 0 Å². The summed E-state index contributed by atoms with van der Waals surface area (Å²) in [5.74, 6) is -0.691. The molecule has 0 fully saturated rings. The standard InChI is InChI=1S/C13H16N2O6/c1-3-20-10-6-8(4-5-9(10)19-2)12(17)21-7-11(16)15-13(14)18/h4-6H,3,7H2,1-2H3,(H3,14,15,16,18). The molecule has 1 aromatic carbocycles. The zero-order valence-corrected chi connectivity index (χ0v) is 11.7. The van der Waals surface area contributed by atoms with Gasteiger partial charge in [-0.25, -0.2) is 9.59 Å². The summed E-state index contributed by atoms with van der Waals surface area (Å²) in [4.78, 5) is 33.3. The van der Waals surface area contributed by atoms with Crippen molar-refractivity contribution in [2.45, 2.75) is 6.92 Å². The van der Waals surface area contributed by atoms with E-state index in [-0.39, 0.29) is 5.56 Å². The highest BCUT2D eigenvalue weighted by Gasteiger charge is 2.14. The van der Waals surface area contributed by atoms with Crippen molar-refractivity contribution in [1.82, 2.24) is 5.32 Å². The monoisotopic (exact) mass is 296 g/mol. The number of nitrogens with one attached hydrogen (secondary N) is 1. The fourth-order valence-corrected chi connectivity index (χ4v) is 1.46. The van der Waals surface area contributed by atoms with E-state index in [1.54, 1.807) is 18.3 Å². The van der Waals surface area contributed by atoms with Crippen molar-refractivity contribution in [3.63, 3.8) is 0 Å². The van der Waals surface area contributed by atoms with Crippen molar-refractivity contribution in [1.29, 1.82) is 0 Å². The van der Waals surface area contributed by atoms with E-state index in [2.05, 4.69) is 0 Å². The molecule has 0 aliphatic heterocycles. The van der Waals surface area contributed by atoms with Crippen molar-refractivity contribution in [3.05, 3.63) is 23.8 Å². The van der Waals surface area contributed by atoms with Crippen LogP contribution in [-0.2, 0) is 9.53 Å². The van der Waals surface area contributed by atoms with Gasteiger partial charge in [0.1, 0.15) is 0 Å². The topological polar surface area (TPSA) is 117 Å². The van der Waals surface area contributed by atoms with Gasteiger partial charge in [0.05, 0.1) is 19.3 Å². The number of urea groups is 1. The number of benzene rings is 1. The summed E-state index contributed by atoms with van der Waals surface area (Å²) < 4.78 is 15.1. The van der Waals surface area contributed by atoms with Gasteiger partial charge in [-0.15, -0.1) is 0 Å². The summed E-state index contributed by atoms with van der Waals surface area (Å²) >= 11 is 0. The molecule has 1 aromatic rings. The van der Waals surface area contributed by atoms with E-state index < -0.39 is 24.5 Å². The van der Waals surface area contributed by atoms with Crippen molar-refractivity contribution in [2.24, 2.45) is 5.73 Å². The number of hydrogen-bond donors (Lipinski definition) is 2. The second kappa shape index (κ2) is 7.73. The minimum atomic E-state index is -1.01. The van der Waals surface area contributed by atoms with Gasteiger partial charge in [0.25, 0.3) is 5.91 Å². The first-order valence-electron chi connectivity index (χ1n) is 6.05. The molecule has 0 aromatic heterocycles. The predicted molar refractivity (Wildman–Crippen MR) is 72.2 cm³/mol. The quantitative estimate of drug-likeness (QED) is 0.736. The lowest BCUT2D eigenvalue weighted by atomic mass is 10.2. The van der Waals surface area contributed by atoms with E-state index in [1.165, 1.54) is 19.2 Å². The molecule has 0 bridgehead atoms. The highest BCUT2D eigenvalue weighted by Crippen LogP contribution is 2.28. The zero-order chi connectivity index (χ0) is 15.8. The fraction of sp³-hybridized carbons (Fsp3) is 0.308. The van der Waals surface area contributed by atoms with E-state index >= 15 is 0 Å². The van der Waals surface area contributed by atoms with Gasteiger partial charge in [-0.2, -0.15) is 0 Å². The molecule has 0 saturated carbocycles. The Morgan fingerprint density at radius 1 is 1.24 bits per heavy atom. The highest BCUT2D eigenvalue weighted by molar-refractivity contribution is 5.96. The highest BCUT2D eigenvalue weighted by atomic mass is 16.5. The minimum Gasteiger partial charge on any atom is -0.493 e. The number of hydrogen-bond acceptors (Lipinski definition) is 6. The molecule has 3 amide bonds. The third-order valence-electron chi connectivity index (χ3n) is 2.30. The lowest BCUT2D eigenvalue weighted by Gasteiger charge is -2.10. The summed E-state index contributed by atoms with van der Waals surface area (Å²) in [5, 5.41) is 1.78. The Morgan fingerprint density at radius 3 is 2.52 bits per heavy atom. The first kappa shape index (κ1) is 16.3. The van der Waals surface area contributed by atoms with Gasteiger partial charge >= 0.3 is 12.0 Å². The van der Waals surface area contributed by atoms with Gasteiger partial charge in [0.15, 0.2) is 18.1 Å². The maximum Gasteiger partial charge on any atom is 0.338 e. The molecule has 0 heterocycles. The van der Waals surface area contributed by atoms with Crippen molar-refractivity contribution >= 4 is 17.9 Å². The molecule has 0 spiro atoms. The van der Waals surface area contributed by atoms with Crippen molar-refractivity contribution in [2.75, 3.05) is 20.3 Å². The van der Waals surface area contributed by atoms with Gasteiger partial charge in [-0.3, -0.25) is 10.1 Å². The van der Waals surface area contributed by atoms with E-state index in [0.29, 0.717) is 18.1 Å². The smallest absolute Gasteiger partial charge is 0.338 e. The first-order valence-corrected chi connectivity index (χ1v) is 6.05. The average molecular weight is 296 g/mol. The van der Waals surface area contributed by atoms with Crippen LogP contribution in [-0.4, -0.2) is 38.2 Å². The Balaban J connectivity index is 2.72. The number of ether oxygens (including phenoxy) is 3. The summed E-state index contributed by atoms with van der Waals surface area (Å²) in [5.41, 5.74) is 4.94. The van der Waals surface area contributed by atoms with Crippen molar-refractivity contribution < 1.29 is 28.6 Å². The van der Waals surface area contributed by atoms with Gasteiger partial charge < -0.3 is 19.9 Å². The van der Waals surface area contributed by atoms with Crippen LogP contribution >= 0.6 is 0 Å². The van der Waals surface area contributed by atoms with Gasteiger partial charge in [-0.1, -0.05) is 0 Å². The zero-order valence-electron chi connectivity index (χ0n) is 11.7. The molecule has 1 rings (SSSR count). The number of amides is 3. The molecule has 0 unspecified atom stereocenters. The largest absolute Gasteiger partial charge is 0.493 e. The van der Waals surface area contributed by atoms with Crippen molar-refractivity contribution in [3.8, 4) is 11.5 Å². The molecule has 8 nitrogen and oxygen atoms in total. The molecule has 8 heteroatoms. The fourth-order valence-electron chi connectivity index (χ4n) is 1.46. The molecule has 0 aliphatic rings. The SMILES string of the molecule is CCOc1cc(C(=O)OCC(=O)NC(N)=O)ccc1OC. The molecular weight excluding hydrogens is 280 g/mol. The summed E-state index contributed by atoms with van der Waals surface area (Å²) in [6, 6.07) is 3.44. The number of rotatable bonds is 6. The van der Waals surface area contributed by atoms with E-state index in [9.17, 15) is 14.4 Å². The predicted octanol–water partition coefficient (Wildman–Crippen LogP) is 0.446. The second-order valence-corrected chi connectivity index (χ2v) is 3.79. The Kier molecular flexibility index (Phi) is 5.99. The van der Waals surface area contributed by atoms with Gasteiger partial charge in [-0.05, 0) is 25.1 Å². The van der Waals surface area contributed by atoms with Crippen LogP contribution in [0.25, 0.3) is 0 Å². The molecule has 0 radical (unpaired) electrons. The lowest BCUT2D eigenvalue weighted by Crippen LogP contribution is -2.37. The molecule has 0 atom stereocenters. The van der Waals surface area contributed by atoms with Crippen LogP contribution < -0.4 is 20.5 Å². The van der Waals surface area contributed by atoms with Gasteiger partial charge in [0, 0.05) is 0 Å². The Labute approximate surface area is 121 Å². The average Bonchev–Trinajstić information content (AvgIpc) is 2.44. The van der Waals surface area contributed by atoms with Crippen LogP contribution in [0.3, 0.4) is 0 Å². The molecule has 114 valence electrons. The van der Waals surface area contributed by atoms with Crippen LogP contribution in [0, 0.1) is 0 Å². The Morgan fingerprint density at radius 2 is 1.95 bits per heavy atom. The van der Waals surface area contributed by atoms with E-state index in [1.807, 2.05) is 0 Å². The third-order valence-corrected chi connectivity index (χ3v) is 2.30. The minimum absolute atomic E-state index is 0.186. The number of esters is 1. The first-order chi connectivity index (χ1) is 9.97. The molecule has 0 aliphatic carbocycles. The number of nitrogens with two attached hydrogens (primary N) is 1. The van der Waals surface area contributed by atoms with Crippen LogP contribution in [0.1, 0.15) is 17.3 Å². The normalized spacial score (nSPS) is 9.62. The number of primary amides is 1. The van der Waals surface area contributed by atoms with Crippen LogP contribution in [0.4, 0.5) is 4.79 Å². The third kappa shape index (κ3) is 5.01. The maximum absolute atomic E-state index is 11.8. The van der Waals surface area contributed by atoms with Crippen LogP contribution in [0.15, 0.2) is 18.2 Å². The summed E-state index contributed by atoms with van der Waals surface area (Å²) in [6.45, 7) is 1.58. The molecule has 3 N–H and O–H groups in total. The van der Waals surface area contributed by atoms with E-state index in [0.717, 1.165) is 0 Å². The van der Waals surface area contributed by atoms with Crippen LogP contribution in [0.2, 0.25) is 0 Å². The Hall–Kier alpha value is -2.77. The summed E-state index contributed by atoms with van der Waals surface area (Å²) in [7, 11) is 1.48. The second-order valence-electron chi connectivity index (χ2n) is 3.79. The number of carbonyl (C=O) groups is 3. The number of imide groups is 1. The molecule has 21 heavy (non-hydrogen) atoms. The van der Waals surface area contributed by atoms with Crippen LogP contribution in [0.5, 0.6) is 11.5 Å². The Bertz CT molecular complexity index is 543. The number of carbonyl (C=O) groups excluding carboxylic acids is 3. The lowest BCUT2D eigenvalue weighted by molar-refractivity contribution is -0.123.